The minimum atomic E-state index is -0.0420. The summed E-state index contributed by atoms with van der Waals surface area (Å²) < 4.78 is 7.70. The molecule has 0 amide bonds. The molecule has 1 aliphatic heterocycles. The number of anilines is 1. The van der Waals surface area contributed by atoms with Crippen molar-refractivity contribution in [1.29, 1.82) is 0 Å². The molecule has 0 aliphatic carbocycles. The van der Waals surface area contributed by atoms with E-state index in [0.717, 1.165) is 19.4 Å². The lowest BCUT2D eigenvalue weighted by atomic mass is 9.94. The van der Waals surface area contributed by atoms with Crippen LogP contribution >= 0.6 is 0 Å². The summed E-state index contributed by atoms with van der Waals surface area (Å²) in [7, 11) is 0. The van der Waals surface area contributed by atoms with E-state index in [0.29, 0.717) is 12.0 Å². The van der Waals surface area contributed by atoms with E-state index in [1.54, 1.807) is 6.20 Å². The zero-order chi connectivity index (χ0) is 10.2. The van der Waals surface area contributed by atoms with Gasteiger partial charge in [-0.3, -0.25) is 0 Å². The molecular formula is C10H17N3O. The van der Waals surface area contributed by atoms with Gasteiger partial charge in [-0.1, -0.05) is 0 Å². The van der Waals surface area contributed by atoms with Gasteiger partial charge >= 0.3 is 0 Å². The smallest absolute Gasteiger partial charge is 0.200 e. The predicted molar refractivity (Wildman–Crippen MR) is 54.9 cm³/mol. The number of nitrogens with two attached hydrogens (primary N) is 1. The molecule has 0 bridgehead atoms. The molecule has 1 aromatic heterocycles. The Hall–Kier alpha value is -1.03. The summed E-state index contributed by atoms with van der Waals surface area (Å²) in [6, 6.07) is 0.432. The van der Waals surface area contributed by atoms with Crippen molar-refractivity contribution >= 4 is 5.95 Å². The maximum Gasteiger partial charge on any atom is 0.200 e. The van der Waals surface area contributed by atoms with Crippen molar-refractivity contribution in [3.8, 4) is 0 Å². The molecule has 0 radical (unpaired) electrons. The monoisotopic (exact) mass is 195 g/mol. The van der Waals surface area contributed by atoms with E-state index in [1.807, 2.05) is 10.8 Å². The summed E-state index contributed by atoms with van der Waals surface area (Å²) in [5, 5.41) is 0. The Bertz CT molecular complexity index is 319. The van der Waals surface area contributed by atoms with Gasteiger partial charge in [0.15, 0.2) is 5.95 Å². The van der Waals surface area contributed by atoms with Gasteiger partial charge in [-0.15, -0.1) is 0 Å². The second kappa shape index (κ2) is 3.28. The highest BCUT2D eigenvalue weighted by Crippen LogP contribution is 2.32. The van der Waals surface area contributed by atoms with Crippen molar-refractivity contribution in [2.24, 2.45) is 0 Å². The predicted octanol–water partition coefficient (Wildman–Crippen LogP) is 1.60. The molecule has 1 unspecified atom stereocenters. The largest absolute Gasteiger partial charge is 0.375 e. The maximum atomic E-state index is 5.77. The number of aromatic nitrogens is 2. The van der Waals surface area contributed by atoms with E-state index in [2.05, 4.69) is 18.8 Å². The van der Waals surface area contributed by atoms with Gasteiger partial charge < -0.3 is 15.0 Å². The van der Waals surface area contributed by atoms with Gasteiger partial charge in [0.25, 0.3) is 0 Å². The van der Waals surface area contributed by atoms with Gasteiger partial charge in [-0.2, -0.15) is 0 Å². The Kier molecular flexibility index (Phi) is 2.23. The van der Waals surface area contributed by atoms with Gasteiger partial charge in [-0.25, -0.2) is 4.98 Å². The van der Waals surface area contributed by atoms with E-state index in [1.165, 1.54) is 0 Å². The van der Waals surface area contributed by atoms with Gasteiger partial charge in [-0.05, 0) is 26.7 Å². The lowest BCUT2D eigenvalue weighted by molar-refractivity contribution is -0.0687. The van der Waals surface area contributed by atoms with E-state index >= 15 is 0 Å². The Balaban J connectivity index is 2.16. The molecule has 1 atom stereocenters. The fraction of sp³-hybridized carbons (Fsp3) is 0.700. The SMILES string of the molecule is CC1(C)CC(n2ccnc2N)CCO1. The lowest BCUT2D eigenvalue weighted by Crippen LogP contribution is -2.35. The molecule has 1 aromatic rings. The second-order valence-electron chi connectivity index (χ2n) is 4.45. The number of hydrogen-bond donors (Lipinski definition) is 1. The van der Waals surface area contributed by atoms with Crippen molar-refractivity contribution in [2.75, 3.05) is 12.3 Å². The molecule has 14 heavy (non-hydrogen) atoms. The van der Waals surface area contributed by atoms with Crippen molar-refractivity contribution in [3.63, 3.8) is 0 Å². The first-order chi connectivity index (χ1) is 6.58. The third-order valence-electron chi connectivity index (χ3n) is 2.76. The van der Waals surface area contributed by atoms with Crippen LogP contribution in [0.4, 0.5) is 5.95 Å². The van der Waals surface area contributed by atoms with Gasteiger partial charge in [0.1, 0.15) is 0 Å². The van der Waals surface area contributed by atoms with Gasteiger partial charge in [0, 0.05) is 25.0 Å². The number of nitrogen functional groups attached to an aromatic ring is 1. The highest BCUT2D eigenvalue weighted by atomic mass is 16.5. The summed E-state index contributed by atoms with van der Waals surface area (Å²) >= 11 is 0. The molecule has 1 saturated heterocycles. The molecule has 0 saturated carbocycles. The summed E-state index contributed by atoms with van der Waals surface area (Å²) in [4.78, 5) is 4.04. The van der Waals surface area contributed by atoms with Crippen molar-refractivity contribution in [1.82, 2.24) is 9.55 Å². The second-order valence-corrected chi connectivity index (χ2v) is 4.45. The fourth-order valence-corrected chi connectivity index (χ4v) is 2.07. The van der Waals surface area contributed by atoms with Crippen molar-refractivity contribution in [2.45, 2.75) is 38.3 Å². The molecule has 1 fully saturated rings. The van der Waals surface area contributed by atoms with Crippen LogP contribution in [0.5, 0.6) is 0 Å². The van der Waals surface area contributed by atoms with Crippen LogP contribution in [0.2, 0.25) is 0 Å². The number of nitrogens with zero attached hydrogens (tertiary/aromatic N) is 2. The summed E-state index contributed by atoms with van der Waals surface area (Å²) in [6.07, 6.45) is 5.71. The third-order valence-corrected chi connectivity index (χ3v) is 2.76. The first kappa shape index (κ1) is 9.52. The van der Waals surface area contributed by atoms with Gasteiger partial charge in [0.2, 0.25) is 0 Å². The quantitative estimate of drug-likeness (QED) is 0.740. The molecule has 4 heteroatoms. The average molecular weight is 195 g/mol. The minimum absolute atomic E-state index is 0.0420. The normalized spacial score (nSPS) is 26.3. The van der Waals surface area contributed by atoms with Crippen LogP contribution in [0.25, 0.3) is 0 Å². The first-order valence-corrected chi connectivity index (χ1v) is 5.01. The Morgan fingerprint density at radius 1 is 1.64 bits per heavy atom. The van der Waals surface area contributed by atoms with Crippen LogP contribution in [-0.4, -0.2) is 21.8 Å². The summed E-state index contributed by atoms with van der Waals surface area (Å²) in [5.41, 5.74) is 5.73. The van der Waals surface area contributed by atoms with Crippen molar-refractivity contribution in [3.05, 3.63) is 12.4 Å². The molecule has 2 rings (SSSR count). The molecule has 2 N–H and O–H groups in total. The van der Waals surface area contributed by atoms with E-state index in [9.17, 15) is 0 Å². The highest BCUT2D eigenvalue weighted by molar-refractivity contribution is 5.18. The molecule has 4 nitrogen and oxygen atoms in total. The first-order valence-electron chi connectivity index (χ1n) is 5.01. The number of hydrogen-bond acceptors (Lipinski definition) is 3. The number of rotatable bonds is 1. The van der Waals surface area contributed by atoms with Crippen LogP contribution in [-0.2, 0) is 4.74 Å². The van der Waals surface area contributed by atoms with E-state index < -0.39 is 0 Å². The van der Waals surface area contributed by atoms with Crippen LogP contribution in [0.3, 0.4) is 0 Å². The minimum Gasteiger partial charge on any atom is -0.375 e. The molecular weight excluding hydrogens is 178 g/mol. The van der Waals surface area contributed by atoms with Crippen LogP contribution in [0, 0.1) is 0 Å². The number of imidazole rings is 1. The van der Waals surface area contributed by atoms with Gasteiger partial charge in [0.05, 0.1) is 5.60 Å². The summed E-state index contributed by atoms with van der Waals surface area (Å²) in [5.74, 6) is 0.604. The highest BCUT2D eigenvalue weighted by Gasteiger charge is 2.30. The zero-order valence-electron chi connectivity index (χ0n) is 8.73. The number of ether oxygens (including phenoxy) is 1. The fourth-order valence-electron chi connectivity index (χ4n) is 2.07. The molecule has 1 aliphatic rings. The Morgan fingerprint density at radius 2 is 2.43 bits per heavy atom. The lowest BCUT2D eigenvalue weighted by Gasteiger charge is -2.36. The summed E-state index contributed by atoms with van der Waals surface area (Å²) in [6.45, 7) is 5.04. The standard InChI is InChI=1S/C10H17N3O/c1-10(2)7-8(3-6-14-10)13-5-4-12-9(13)11/h4-5,8H,3,6-7H2,1-2H3,(H2,11,12). The molecule has 2 heterocycles. The Morgan fingerprint density at radius 3 is 3.00 bits per heavy atom. The molecule has 0 aromatic carbocycles. The van der Waals surface area contributed by atoms with Crippen LogP contribution < -0.4 is 5.73 Å². The Labute approximate surface area is 84.1 Å². The van der Waals surface area contributed by atoms with E-state index in [4.69, 9.17) is 10.5 Å². The van der Waals surface area contributed by atoms with Crippen LogP contribution in [0.15, 0.2) is 12.4 Å². The molecule has 78 valence electrons. The maximum absolute atomic E-state index is 5.77. The topological polar surface area (TPSA) is 53.1 Å². The van der Waals surface area contributed by atoms with Crippen LogP contribution in [0.1, 0.15) is 32.7 Å². The van der Waals surface area contributed by atoms with E-state index in [-0.39, 0.29) is 5.60 Å². The van der Waals surface area contributed by atoms with Crippen molar-refractivity contribution < 1.29 is 4.74 Å². The molecule has 0 spiro atoms. The average Bonchev–Trinajstić information content (AvgIpc) is 2.49. The zero-order valence-corrected chi connectivity index (χ0v) is 8.73. The third kappa shape index (κ3) is 1.75.